The second-order valence-corrected chi connectivity index (χ2v) is 6.92. The first-order valence-corrected chi connectivity index (χ1v) is 8.96. The molecule has 0 spiro atoms. The van der Waals surface area contributed by atoms with Gasteiger partial charge in [0.15, 0.2) is 17.2 Å². The molecule has 1 aliphatic heterocycles. The minimum atomic E-state index is -5.19. The molecule has 1 saturated heterocycles. The summed E-state index contributed by atoms with van der Waals surface area (Å²) >= 11 is 5.63. The highest BCUT2D eigenvalue weighted by Crippen LogP contribution is 2.36. The van der Waals surface area contributed by atoms with Crippen LogP contribution in [-0.2, 0) is 17.1 Å². The molecule has 1 aliphatic rings. The summed E-state index contributed by atoms with van der Waals surface area (Å²) in [5, 5.41) is 5.91. The van der Waals surface area contributed by atoms with E-state index >= 15 is 0 Å². The van der Waals surface area contributed by atoms with Crippen LogP contribution in [0.5, 0.6) is 0 Å². The fourth-order valence-electron chi connectivity index (χ4n) is 2.82. The van der Waals surface area contributed by atoms with Crippen molar-refractivity contribution in [2.24, 2.45) is 0 Å². The van der Waals surface area contributed by atoms with Crippen LogP contribution >= 0.6 is 11.6 Å². The van der Waals surface area contributed by atoms with Crippen molar-refractivity contribution >= 4 is 23.5 Å². The number of hydrogen-bond acceptors (Lipinski definition) is 4. The molecule has 15 heteroatoms. The number of carbonyl (C=O) groups is 2. The first-order chi connectivity index (χ1) is 14.8. The lowest BCUT2D eigenvalue weighted by Gasteiger charge is -2.22. The van der Waals surface area contributed by atoms with Crippen molar-refractivity contribution in [1.29, 1.82) is 0 Å². The van der Waals surface area contributed by atoms with E-state index in [4.69, 9.17) is 11.6 Å². The van der Waals surface area contributed by atoms with E-state index in [0.717, 1.165) is 12.1 Å². The van der Waals surface area contributed by atoms with Gasteiger partial charge >= 0.3 is 18.4 Å². The fraction of sp³-hybridized carbons (Fsp3) is 0.294. The highest BCUT2D eigenvalue weighted by atomic mass is 35.5. The fourth-order valence-corrected chi connectivity index (χ4v) is 3.10. The Morgan fingerprint density at radius 1 is 1.16 bits per heavy atom. The van der Waals surface area contributed by atoms with Gasteiger partial charge in [-0.05, 0) is 18.2 Å². The zero-order valence-corrected chi connectivity index (χ0v) is 16.2. The molecular formula is C17H11ClF7N5O2. The minimum Gasteiger partial charge on any atom is -0.342 e. The van der Waals surface area contributed by atoms with Gasteiger partial charge in [-0.1, -0.05) is 11.6 Å². The molecule has 172 valence electrons. The highest BCUT2D eigenvalue weighted by molar-refractivity contribution is 6.31. The predicted octanol–water partition coefficient (Wildman–Crippen LogP) is 3.19. The van der Waals surface area contributed by atoms with E-state index < -0.39 is 64.3 Å². The van der Waals surface area contributed by atoms with Gasteiger partial charge in [0.05, 0.1) is 16.8 Å². The smallest absolute Gasteiger partial charge is 0.342 e. The predicted molar refractivity (Wildman–Crippen MR) is 93.8 cm³/mol. The van der Waals surface area contributed by atoms with E-state index in [9.17, 15) is 40.3 Å². The van der Waals surface area contributed by atoms with Gasteiger partial charge in [0.25, 0.3) is 0 Å². The van der Waals surface area contributed by atoms with Crippen LogP contribution < -0.4 is 16.0 Å². The summed E-state index contributed by atoms with van der Waals surface area (Å²) in [6.07, 6.45) is -9.46. The summed E-state index contributed by atoms with van der Waals surface area (Å²) in [7, 11) is 0. The van der Waals surface area contributed by atoms with E-state index in [-0.39, 0.29) is 12.1 Å². The van der Waals surface area contributed by atoms with Crippen molar-refractivity contribution in [3.8, 4) is 0 Å². The van der Waals surface area contributed by atoms with Crippen LogP contribution in [0, 0.1) is 5.82 Å². The summed E-state index contributed by atoms with van der Waals surface area (Å²) in [5.41, 5.74) is -4.16. The van der Waals surface area contributed by atoms with Gasteiger partial charge in [-0.2, -0.15) is 26.3 Å². The zero-order chi connectivity index (χ0) is 23.8. The maximum absolute atomic E-state index is 13.6. The molecule has 0 aromatic carbocycles. The van der Waals surface area contributed by atoms with Crippen molar-refractivity contribution in [2.75, 3.05) is 6.54 Å². The molecule has 0 unspecified atom stereocenters. The van der Waals surface area contributed by atoms with Crippen molar-refractivity contribution in [2.45, 2.75) is 24.4 Å². The van der Waals surface area contributed by atoms with E-state index in [0.29, 0.717) is 12.3 Å². The van der Waals surface area contributed by atoms with Crippen LogP contribution in [0.25, 0.3) is 0 Å². The van der Waals surface area contributed by atoms with Gasteiger partial charge in [0.2, 0.25) is 5.91 Å². The Morgan fingerprint density at radius 2 is 1.81 bits per heavy atom. The Kier molecular flexibility index (Phi) is 6.18. The number of halogens is 8. The molecule has 3 heterocycles. The quantitative estimate of drug-likeness (QED) is 0.580. The van der Waals surface area contributed by atoms with Crippen molar-refractivity contribution < 1.29 is 40.3 Å². The largest absolute Gasteiger partial charge is 0.436 e. The zero-order valence-electron chi connectivity index (χ0n) is 15.4. The Labute approximate surface area is 179 Å². The van der Waals surface area contributed by atoms with Gasteiger partial charge in [0, 0.05) is 18.3 Å². The van der Waals surface area contributed by atoms with E-state index in [1.807, 2.05) is 0 Å². The number of hydrogen-bond donors (Lipinski definition) is 3. The van der Waals surface area contributed by atoms with Gasteiger partial charge in [-0.25, -0.2) is 19.2 Å². The van der Waals surface area contributed by atoms with E-state index in [2.05, 4.69) is 25.9 Å². The van der Waals surface area contributed by atoms with Gasteiger partial charge < -0.3 is 16.0 Å². The SMILES string of the molecule is O=C1NC[C@H](C(=O)N[C@@H](c2cnc(C(F)(F)F)c(Cl)c2)c2ccc(F)c(C(F)(F)F)n2)N1. The Bertz CT molecular complexity index is 1060. The maximum atomic E-state index is 13.6. The minimum absolute atomic E-state index is 0.159. The molecule has 3 amide bonds. The number of alkyl halides is 6. The topological polar surface area (TPSA) is 96.0 Å². The summed E-state index contributed by atoms with van der Waals surface area (Å²) in [6, 6.07) is -1.42. The van der Waals surface area contributed by atoms with Crippen molar-refractivity contribution in [3.63, 3.8) is 0 Å². The Morgan fingerprint density at radius 3 is 2.34 bits per heavy atom. The summed E-state index contributed by atoms with van der Waals surface area (Å²) in [5.74, 6) is -2.59. The molecule has 0 radical (unpaired) electrons. The van der Waals surface area contributed by atoms with Crippen LogP contribution in [0.4, 0.5) is 35.5 Å². The molecule has 2 atom stereocenters. The maximum Gasteiger partial charge on any atom is 0.436 e. The van der Waals surface area contributed by atoms with Crippen LogP contribution in [0.3, 0.4) is 0 Å². The molecule has 3 rings (SSSR count). The second-order valence-electron chi connectivity index (χ2n) is 6.51. The first-order valence-electron chi connectivity index (χ1n) is 8.58. The molecule has 0 saturated carbocycles. The standard InChI is InChI=1S/C17H11ClF7N5O2/c18-7-3-6(4-26-12(7)16(20,21)22)11(30-14(31)10-5-27-15(32)29-10)9-2-1-8(19)13(28-9)17(23,24)25/h1-4,10-11H,5H2,(H,30,31)(H2,27,29,32)/t10-,11+/m1/s1. The molecule has 2 aromatic rings. The van der Waals surface area contributed by atoms with Crippen LogP contribution in [0.1, 0.15) is 28.7 Å². The Hall–Kier alpha value is -3.16. The second kappa shape index (κ2) is 8.41. The van der Waals surface area contributed by atoms with Crippen molar-refractivity contribution in [1.82, 2.24) is 25.9 Å². The van der Waals surface area contributed by atoms with Gasteiger partial charge in [-0.15, -0.1) is 0 Å². The Balaban J connectivity index is 2.05. The third-order valence-electron chi connectivity index (χ3n) is 4.27. The van der Waals surface area contributed by atoms with Crippen LogP contribution in [-0.4, -0.2) is 34.5 Å². The molecule has 0 bridgehead atoms. The van der Waals surface area contributed by atoms with Crippen LogP contribution in [0.15, 0.2) is 24.4 Å². The lowest BCUT2D eigenvalue weighted by Crippen LogP contribution is -2.44. The normalized spacial score (nSPS) is 17.5. The molecule has 32 heavy (non-hydrogen) atoms. The number of rotatable bonds is 4. The molecule has 3 N–H and O–H groups in total. The van der Waals surface area contributed by atoms with Gasteiger partial charge in [0.1, 0.15) is 6.04 Å². The van der Waals surface area contributed by atoms with Crippen molar-refractivity contribution in [3.05, 3.63) is 57.9 Å². The molecule has 7 nitrogen and oxygen atoms in total. The number of pyridine rings is 2. The lowest BCUT2D eigenvalue weighted by atomic mass is 10.0. The third-order valence-corrected chi connectivity index (χ3v) is 4.56. The molecule has 0 aliphatic carbocycles. The number of carbonyl (C=O) groups excluding carboxylic acids is 2. The highest BCUT2D eigenvalue weighted by Gasteiger charge is 2.39. The molecule has 1 fully saturated rings. The number of amides is 3. The number of aromatic nitrogens is 2. The van der Waals surface area contributed by atoms with E-state index in [1.54, 1.807) is 0 Å². The lowest BCUT2D eigenvalue weighted by molar-refractivity contribution is -0.144. The first kappa shape index (κ1) is 23.5. The third kappa shape index (κ3) is 5.00. The summed E-state index contributed by atoms with van der Waals surface area (Å²) < 4.78 is 91.7. The van der Waals surface area contributed by atoms with Gasteiger partial charge in [-0.3, -0.25) is 4.79 Å². The monoisotopic (exact) mass is 485 g/mol. The molecule has 2 aromatic heterocycles. The average Bonchev–Trinajstić information content (AvgIpc) is 3.11. The number of nitrogens with zero attached hydrogens (tertiary/aromatic N) is 2. The summed E-state index contributed by atoms with van der Waals surface area (Å²) in [6.45, 7) is -0.159. The van der Waals surface area contributed by atoms with Crippen LogP contribution in [0.2, 0.25) is 5.02 Å². The summed E-state index contributed by atoms with van der Waals surface area (Å²) in [4.78, 5) is 30.1. The van der Waals surface area contributed by atoms with E-state index in [1.165, 1.54) is 0 Å². The molecular weight excluding hydrogens is 475 g/mol. The number of urea groups is 1. The average molecular weight is 486 g/mol. The number of nitrogens with one attached hydrogen (secondary N) is 3.